The summed E-state index contributed by atoms with van der Waals surface area (Å²) in [5.74, 6) is 0.606. The first-order valence-corrected chi connectivity index (χ1v) is 12.5. The van der Waals surface area contributed by atoms with Crippen LogP contribution in [0.15, 0.2) is 66.2 Å². The Kier molecular flexibility index (Phi) is 8.65. The molecule has 11 heteroatoms. The van der Waals surface area contributed by atoms with Gasteiger partial charge >= 0.3 is 0 Å². The minimum atomic E-state index is -0.624. The molecular formula is C29H27N3O7S. The molecule has 0 spiro atoms. The Bertz CT molecular complexity index is 1500. The number of hydrogen-bond donors (Lipinski definition) is 2. The van der Waals surface area contributed by atoms with Gasteiger partial charge in [0, 0.05) is 24.2 Å². The van der Waals surface area contributed by atoms with E-state index >= 15 is 0 Å². The lowest BCUT2D eigenvalue weighted by atomic mass is 10.0. The summed E-state index contributed by atoms with van der Waals surface area (Å²) in [6.45, 7) is 1.59. The van der Waals surface area contributed by atoms with Crippen molar-refractivity contribution in [1.82, 2.24) is 5.32 Å². The monoisotopic (exact) mass is 561 g/mol. The molecule has 3 amide bonds. The van der Waals surface area contributed by atoms with E-state index in [1.807, 2.05) is 0 Å². The number of anilines is 2. The van der Waals surface area contributed by atoms with Gasteiger partial charge in [0.1, 0.15) is 35.2 Å². The summed E-state index contributed by atoms with van der Waals surface area (Å²) >= 11 is 5.33. The Morgan fingerprint density at radius 1 is 0.925 bits per heavy atom. The van der Waals surface area contributed by atoms with Gasteiger partial charge in [0.05, 0.1) is 27.0 Å². The molecule has 0 saturated carbocycles. The summed E-state index contributed by atoms with van der Waals surface area (Å²) in [5.41, 5.74) is 2.12. The molecule has 1 saturated heterocycles. The number of rotatable bonds is 9. The Hall–Kier alpha value is -4.90. The lowest BCUT2D eigenvalue weighted by Crippen LogP contribution is -2.54. The van der Waals surface area contributed by atoms with E-state index in [-0.39, 0.29) is 23.2 Å². The minimum Gasteiger partial charge on any atom is -0.497 e. The van der Waals surface area contributed by atoms with Crippen molar-refractivity contribution in [2.24, 2.45) is 0 Å². The SMILES string of the molecule is COc1ccc(OC)c(N2C(=O)/C(=C\c3ccc(OC)c(COc4ccc(NC(C)=O)cc4)c3)C(=O)NC2=S)c1. The average molecular weight is 562 g/mol. The van der Waals surface area contributed by atoms with E-state index in [1.54, 1.807) is 60.7 Å². The van der Waals surface area contributed by atoms with Crippen molar-refractivity contribution in [2.45, 2.75) is 13.5 Å². The maximum atomic E-state index is 13.6. The Morgan fingerprint density at radius 2 is 1.60 bits per heavy atom. The first kappa shape index (κ1) is 28.1. The summed E-state index contributed by atoms with van der Waals surface area (Å²) in [4.78, 5) is 38.8. The van der Waals surface area contributed by atoms with Gasteiger partial charge in [0.25, 0.3) is 11.8 Å². The van der Waals surface area contributed by atoms with E-state index in [0.29, 0.717) is 45.5 Å². The predicted molar refractivity (Wildman–Crippen MR) is 154 cm³/mol. The van der Waals surface area contributed by atoms with E-state index in [0.717, 1.165) is 0 Å². The summed E-state index contributed by atoms with van der Waals surface area (Å²) in [6.07, 6.45) is 1.48. The van der Waals surface area contributed by atoms with Crippen LogP contribution in [0.3, 0.4) is 0 Å². The molecule has 0 unspecified atom stereocenters. The minimum absolute atomic E-state index is 0.0768. The predicted octanol–water partition coefficient (Wildman–Crippen LogP) is 4.08. The van der Waals surface area contributed by atoms with Crippen LogP contribution in [-0.2, 0) is 21.0 Å². The van der Waals surface area contributed by atoms with E-state index in [1.165, 1.54) is 39.2 Å². The molecule has 2 N–H and O–H groups in total. The van der Waals surface area contributed by atoms with Crippen LogP contribution in [0.25, 0.3) is 6.08 Å². The zero-order chi connectivity index (χ0) is 28.8. The fraction of sp³-hybridized carbons (Fsp3) is 0.172. The first-order chi connectivity index (χ1) is 19.2. The molecule has 3 aromatic rings. The lowest BCUT2D eigenvalue weighted by Gasteiger charge is -2.30. The van der Waals surface area contributed by atoms with Gasteiger partial charge in [0.2, 0.25) is 5.91 Å². The molecule has 0 aliphatic carbocycles. The number of carbonyl (C=O) groups excluding carboxylic acids is 3. The highest BCUT2D eigenvalue weighted by atomic mass is 32.1. The number of ether oxygens (including phenoxy) is 4. The first-order valence-electron chi connectivity index (χ1n) is 12.0. The number of nitrogens with zero attached hydrogens (tertiary/aromatic N) is 1. The fourth-order valence-electron chi connectivity index (χ4n) is 4.01. The van der Waals surface area contributed by atoms with Crippen LogP contribution < -0.4 is 34.5 Å². The molecule has 206 valence electrons. The molecule has 0 aromatic heterocycles. The zero-order valence-corrected chi connectivity index (χ0v) is 23.1. The highest BCUT2D eigenvalue weighted by Crippen LogP contribution is 2.35. The van der Waals surface area contributed by atoms with Gasteiger partial charge in [0.15, 0.2) is 5.11 Å². The maximum Gasteiger partial charge on any atom is 0.270 e. The van der Waals surface area contributed by atoms with Crippen molar-refractivity contribution in [3.05, 3.63) is 77.4 Å². The van der Waals surface area contributed by atoms with Crippen LogP contribution in [0.4, 0.5) is 11.4 Å². The third-order valence-corrected chi connectivity index (χ3v) is 6.20. The topological polar surface area (TPSA) is 115 Å². The molecule has 1 aliphatic heterocycles. The van der Waals surface area contributed by atoms with Crippen molar-refractivity contribution in [1.29, 1.82) is 0 Å². The lowest BCUT2D eigenvalue weighted by molar-refractivity contribution is -0.122. The molecule has 0 bridgehead atoms. The number of methoxy groups -OCH3 is 3. The number of hydrogen-bond acceptors (Lipinski definition) is 8. The quantitative estimate of drug-likeness (QED) is 0.228. The molecule has 0 radical (unpaired) electrons. The molecule has 1 heterocycles. The van der Waals surface area contributed by atoms with Gasteiger partial charge in [-0.2, -0.15) is 0 Å². The van der Waals surface area contributed by atoms with Gasteiger partial charge in [-0.1, -0.05) is 6.07 Å². The molecule has 3 aromatic carbocycles. The van der Waals surface area contributed by atoms with Gasteiger partial charge in [-0.25, -0.2) is 4.90 Å². The largest absolute Gasteiger partial charge is 0.497 e. The zero-order valence-electron chi connectivity index (χ0n) is 22.3. The third-order valence-electron chi connectivity index (χ3n) is 5.91. The molecule has 4 rings (SSSR count). The third kappa shape index (κ3) is 6.21. The van der Waals surface area contributed by atoms with Gasteiger partial charge < -0.3 is 24.3 Å². The van der Waals surface area contributed by atoms with Gasteiger partial charge in [-0.3, -0.25) is 19.7 Å². The standard InChI is InChI=1S/C29H27N3O7S/c1-17(33)30-20-6-8-21(9-7-20)39-16-19-13-18(5-11-25(19)37-3)14-23-27(34)31-29(40)32(28(23)35)24-15-22(36-2)10-12-26(24)38-4/h5-15H,16H2,1-4H3,(H,30,33)(H,31,34,40)/b23-14-. The Labute approximate surface area is 236 Å². The normalized spacial score (nSPS) is 14.1. The van der Waals surface area contributed by atoms with Crippen LogP contribution in [-0.4, -0.2) is 44.2 Å². The average Bonchev–Trinajstić information content (AvgIpc) is 2.94. The molecular weight excluding hydrogens is 534 g/mol. The molecule has 1 aliphatic rings. The van der Waals surface area contributed by atoms with Crippen molar-refractivity contribution in [3.8, 4) is 23.0 Å². The van der Waals surface area contributed by atoms with Crippen LogP contribution in [0.2, 0.25) is 0 Å². The summed E-state index contributed by atoms with van der Waals surface area (Å²) in [6, 6.07) is 17.1. The second-order valence-electron chi connectivity index (χ2n) is 8.56. The highest BCUT2D eigenvalue weighted by molar-refractivity contribution is 7.80. The Morgan fingerprint density at radius 3 is 2.25 bits per heavy atom. The molecule has 40 heavy (non-hydrogen) atoms. The number of nitrogens with one attached hydrogen (secondary N) is 2. The number of benzene rings is 3. The number of amides is 3. The molecule has 1 fully saturated rings. The summed E-state index contributed by atoms with van der Waals surface area (Å²) in [7, 11) is 4.51. The van der Waals surface area contributed by atoms with E-state index in [4.69, 9.17) is 31.2 Å². The van der Waals surface area contributed by atoms with Crippen LogP contribution in [0, 0.1) is 0 Å². The van der Waals surface area contributed by atoms with Crippen LogP contribution in [0.1, 0.15) is 18.1 Å². The Balaban J connectivity index is 1.61. The van der Waals surface area contributed by atoms with Crippen molar-refractivity contribution in [2.75, 3.05) is 31.5 Å². The van der Waals surface area contributed by atoms with E-state index < -0.39 is 11.8 Å². The summed E-state index contributed by atoms with van der Waals surface area (Å²) < 4.78 is 22.1. The maximum absolute atomic E-state index is 13.6. The molecule has 0 atom stereocenters. The van der Waals surface area contributed by atoms with Crippen LogP contribution >= 0.6 is 12.2 Å². The second kappa shape index (κ2) is 12.3. The fourth-order valence-corrected chi connectivity index (χ4v) is 4.29. The summed E-state index contributed by atoms with van der Waals surface area (Å²) in [5, 5.41) is 5.20. The van der Waals surface area contributed by atoms with Gasteiger partial charge in [-0.15, -0.1) is 0 Å². The second-order valence-corrected chi connectivity index (χ2v) is 8.95. The van der Waals surface area contributed by atoms with Crippen molar-refractivity contribution >= 4 is 52.5 Å². The van der Waals surface area contributed by atoms with E-state index in [2.05, 4.69) is 10.6 Å². The molecule has 10 nitrogen and oxygen atoms in total. The van der Waals surface area contributed by atoms with Gasteiger partial charge in [-0.05, 0) is 72.4 Å². The smallest absolute Gasteiger partial charge is 0.270 e. The highest BCUT2D eigenvalue weighted by Gasteiger charge is 2.36. The number of carbonyl (C=O) groups is 3. The van der Waals surface area contributed by atoms with Crippen molar-refractivity contribution in [3.63, 3.8) is 0 Å². The van der Waals surface area contributed by atoms with Crippen molar-refractivity contribution < 1.29 is 33.3 Å². The van der Waals surface area contributed by atoms with Crippen LogP contribution in [0.5, 0.6) is 23.0 Å². The number of thiocarbonyl (C=S) groups is 1. The van der Waals surface area contributed by atoms with E-state index in [9.17, 15) is 14.4 Å².